The van der Waals surface area contributed by atoms with Crippen molar-refractivity contribution in [3.63, 3.8) is 0 Å². The van der Waals surface area contributed by atoms with Crippen LogP contribution in [0.3, 0.4) is 0 Å². The molecule has 1 heterocycles. The molecular formula is C14H9ClN2O. The van der Waals surface area contributed by atoms with Crippen LogP contribution in [0.25, 0.3) is 22.3 Å². The molecule has 0 amide bonds. The first-order valence-corrected chi connectivity index (χ1v) is 5.87. The minimum atomic E-state index is -0.143. The molecule has 4 heteroatoms. The number of hydrogen-bond acceptors (Lipinski definition) is 2. The quantitative estimate of drug-likeness (QED) is 0.726. The summed E-state index contributed by atoms with van der Waals surface area (Å²) in [5, 5.41) is 1.20. The van der Waals surface area contributed by atoms with Gasteiger partial charge in [-0.3, -0.25) is 4.79 Å². The fraction of sp³-hybridized carbons (Fsp3) is 0. The smallest absolute Gasteiger partial charge is 0.259 e. The van der Waals surface area contributed by atoms with Gasteiger partial charge in [-0.15, -0.1) is 0 Å². The zero-order valence-corrected chi connectivity index (χ0v) is 10.1. The Morgan fingerprint density at radius 1 is 1.06 bits per heavy atom. The van der Waals surface area contributed by atoms with Gasteiger partial charge in [-0.05, 0) is 24.3 Å². The predicted molar refractivity (Wildman–Crippen MR) is 72.8 cm³/mol. The van der Waals surface area contributed by atoms with Crippen molar-refractivity contribution in [1.82, 2.24) is 9.97 Å². The maximum Gasteiger partial charge on any atom is 0.259 e. The van der Waals surface area contributed by atoms with Gasteiger partial charge < -0.3 is 4.98 Å². The Hall–Kier alpha value is -2.13. The van der Waals surface area contributed by atoms with Crippen molar-refractivity contribution in [3.05, 3.63) is 63.9 Å². The number of H-pyrrole nitrogens is 1. The average molecular weight is 257 g/mol. The second kappa shape index (κ2) is 4.27. The van der Waals surface area contributed by atoms with Crippen LogP contribution in [-0.4, -0.2) is 9.97 Å². The van der Waals surface area contributed by atoms with Crippen molar-refractivity contribution < 1.29 is 0 Å². The lowest BCUT2D eigenvalue weighted by Gasteiger charge is -2.03. The van der Waals surface area contributed by atoms with E-state index in [9.17, 15) is 4.79 Å². The maximum absolute atomic E-state index is 11.9. The summed E-state index contributed by atoms with van der Waals surface area (Å²) in [5.41, 5.74) is 1.33. The van der Waals surface area contributed by atoms with Gasteiger partial charge in [-0.1, -0.05) is 35.9 Å². The standard InChI is InChI=1S/C14H9ClN2O/c15-10-5-3-4-9(8-10)13-16-12-7-2-1-6-11(12)14(18)17-13/h1-8H,(H,16,17,18). The van der Waals surface area contributed by atoms with E-state index in [1.165, 1.54) is 0 Å². The molecule has 0 saturated heterocycles. The SMILES string of the molecule is O=c1[nH]c(-c2cccc(Cl)c2)nc2ccccc12. The van der Waals surface area contributed by atoms with Crippen LogP contribution < -0.4 is 5.56 Å². The molecule has 3 nitrogen and oxygen atoms in total. The van der Waals surface area contributed by atoms with E-state index in [4.69, 9.17) is 11.6 Å². The van der Waals surface area contributed by atoms with E-state index < -0.39 is 0 Å². The van der Waals surface area contributed by atoms with Crippen molar-refractivity contribution in [3.8, 4) is 11.4 Å². The summed E-state index contributed by atoms with van der Waals surface area (Å²) in [5.74, 6) is 0.529. The molecule has 0 aliphatic heterocycles. The van der Waals surface area contributed by atoms with E-state index in [0.717, 1.165) is 5.56 Å². The second-order valence-electron chi connectivity index (χ2n) is 3.94. The predicted octanol–water partition coefficient (Wildman–Crippen LogP) is 3.24. The van der Waals surface area contributed by atoms with E-state index in [0.29, 0.717) is 21.7 Å². The molecule has 0 aliphatic rings. The Morgan fingerprint density at radius 3 is 2.72 bits per heavy atom. The van der Waals surface area contributed by atoms with Crippen molar-refractivity contribution in [2.45, 2.75) is 0 Å². The number of hydrogen-bond donors (Lipinski definition) is 1. The van der Waals surface area contributed by atoms with E-state index in [1.54, 1.807) is 18.2 Å². The highest BCUT2D eigenvalue weighted by Crippen LogP contribution is 2.19. The van der Waals surface area contributed by atoms with Gasteiger partial charge >= 0.3 is 0 Å². The Morgan fingerprint density at radius 2 is 1.89 bits per heavy atom. The second-order valence-corrected chi connectivity index (χ2v) is 4.38. The van der Waals surface area contributed by atoms with Crippen LogP contribution in [-0.2, 0) is 0 Å². The minimum absolute atomic E-state index is 0.143. The van der Waals surface area contributed by atoms with Crippen LogP contribution in [0.4, 0.5) is 0 Å². The summed E-state index contributed by atoms with van der Waals surface area (Å²) in [6.45, 7) is 0. The highest BCUT2D eigenvalue weighted by Gasteiger charge is 2.05. The Bertz CT molecular complexity index is 780. The molecule has 18 heavy (non-hydrogen) atoms. The van der Waals surface area contributed by atoms with Crippen LogP contribution >= 0.6 is 11.6 Å². The number of benzene rings is 2. The Kier molecular flexibility index (Phi) is 2.61. The van der Waals surface area contributed by atoms with Crippen LogP contribution in [0.5, 0.6) is 0 Å². The molecule has 1 aromatic heterocycles. The normalized spacial score (nSPS) is 10.7. The van der Waals surface area contributed by atoms with Gasteiger partial charge in [0, 0.05) is 10.6 Å². The third-order valence-corrected chi connectivity index (χ3v) is 2.95. The molecule has 0 radical (unpaired) electrons. The van der Waals surface area contributed by atoms with Gasteiger partial charge in [0.1, 0.15) is 5.82 Å². The minimum Gasteiger partial charge on any atom is -0.306 e. The molecule has 0 bridgehead atoms. The van der Waals surface area contributed by atoms with E-state index in [-0.39, 0.29) is 5.56 Å². The van der Waals surface area contributed by atoms with Gasteiger partial charge in [-0.2, -0.15) is 0 Å². The molecular weight excluding hydrogens is 248 g/mol. The first-order chi connectivity index (χ1) is 8.74. The van der Waals surface area contributed by atoms with E-state index in [2.05, 4.69) is 9.97 Å². The highest BCUT2D eigenvalue weighted by molar-refractivity contribution is 6.30. The zero-order chi connectivity index (χ0) is 12.5. The third kappa shape index (κ3) is 1.89. The maximum atomic E-state index is 11.9. The molecule has 0 aliphatic carbocycles. The topological polar surface area (TPSA) is 45.8 Å². The number of nitrogens with one attached hydrogen (secondary N) is 1. The molecule has 2 aromatic carbocycles. The van der Waals surface area contributed by atoms with E-state index in [1.807, 2.05) is 30.3 Å². The van der Waals surface area contributed by atoms with Gasteiger partial charge in [-0.25, -0.2) is 4.98 Å². The summed E-state index contributed by atoms with van der Waals surface area (Å²) < 4.78 is 0. The van der Waals surface area contributed by atoms with Crippen molar-refractivity contribution in [2.75, 3.05) is 0 Å². The van der Waals surface area contributed by atoms with Crippen molar-refractivity contribution in [2.24, 2.45) is 0 Å². The molecule has 0 spiro atoms. The summed E-state index contributed by atoms with van der Waals surface area (Å²) in [6.07, 6.45) is 0. The lowest BCUT2D eigenvalue weighted by Crippen LogP contribution is -2.09. The highest BCUT2D eigenvalue weighted by atomic mass is 35.5. The first-order valence-electron chi connectivity index (χ1n) is 5.49. The van der Waals surface area contributed by atoms with Crippen LogP contribution in [0.1, 0.15) is 0 Å². The van der Waals surface area contributed by atoms with Gasteiger partial charge in [0.15, 0.2) is 0 Å². The number of aromatic amines is 1. The number of aromatic nitrogens is 2. The van der Waals surface area contributed by atoms with Crippen molar-refractivity contribution >= 4 is 22.5 Å². The molecule has 0 fully saturated rings. The van der Waals surface area contributed by atoms with Gasteiger partial charge in [0.25, 0.3) is 5.56 Å². The van der Waals surface area contributed by atoms with Crippen LogP contribution in [0.15, 0.2) is 53.3 Å². The molecule has 88 valence electrons. The number of rotatable bonds is 1. The summed E-state index contributed by atoms with van der Waals surface area (Å²) >= 11 is 5.93. The van der Waals surface area contributed by atoms with Crippen molar-refractivity contribution in [1.29, 1.82) is 0 Å². The fourth-order valence-electron chi connectivity index (χ4n) is 1.86. The van der Waals surface area contributed by atoms with E-state index >= 15 is 0 Å². The summed E-state index contributed by atoms with van der Waals surface area (Å²) in [6, 6.07) is 14.5. The zero-order valence-electron chi connectivity index (χ0n) is 9.35. The van der Waals surface area contributed by atoms with Gasteiger partial charge in [0.2, 0.25) is 0 Å². The molecule has 1 N–H and O–H groups in total. The fourth-order valence-corrected chi connectivity index (χ4v) is 2.05. The molecule has 0 saturated carbocycles. The van der Waals surface area contributed by atoms with Gasteiger partial charge in [0.05, 0.1) is 10.9 Å². The van der Waals surface area contributed by atoms with Crippen LogP contribution in [0.2, 0.25) is 5.02 Å². The lowest BCUT2D eigenvalue weighted by atomic mass is 10.2. The summed E-state index contributed by atoms with van der Waals surface area (Å²) in [4.78, 5) is 19.1. The lowest BCUT2D eigenvalue weighted by molar-refractivity contribution is 1.18. The first kappa shape index (κ1) is 11.0. The Balaban J connectivity index is 2.28. The molecule has 0 atom stereocenters. The average Bonchev–Trinajstić information content (AvgIpc) is 2.39. The molecule has 0 unspecified atom stereocenters. The third-order valence-electron chi connectivity index (χ3n) is 2.71. The Labute approximate surface area is 108 Å². The number of para-hydroxylation sites is 1. The number of nitrogens with zero attached hydrogens (tertiary/aromatic N) is 1. The molecule has 3 aromatic rings. The van der Waals surface area contributed by atoms with Crippen LogP contribution in [0, 0.1) is 0 Å². The number of halogens is 1. The summed E-state index contributed by atoms with van der Waals surface area (Å²) in [7, 11) is 0. The molecule has 3 rings (SSSR count). The largest absolute Gasteiger partial charge is 0.306 e. The monoisotopic (exact) mass is 256 g/mol. The number of fused-ring (bicyclic) bond motifs is 1.